The Hall–Kier alpha value is -1.16. The van der Waals surface area contributed by atoms with E-state index in [0.29, 0.717) is 22.9 Å². The van der Waals surface area contributed by atoms with Crippen molar-refractivity contribution < 1.29 is 8.22 Å². The lowest BCUT2D eigenvalue weighted by atomic mass is 10.2. The Kier molecular flexibility index (Phi) is 2.73. The van der Waals surface area contributed by atoms with Gasteiger partial charge in [0.1, 0.15) is 0 Å². The average Bonchev–Trinajstić information content (AvgIpc) is 2.55. The zero-order valence-electron chi connectivity index (χ0n) is 17.3. The maximum Gasteiger partial charge on any atom is 0.0567 e. The minimum Gasteiger partial charge on any atom is -0.340 e. The normalized spacial score (nSPS) is 18.7. The largest absolute Gasteiger partial charge is 0.340 e. The maximum atomic E-state index is 7.49. The average molecular weight is 325 g/mol. The van der Waals surface area contributed by atoms with Gasteiger partial charge in [0, 0.05) is 29.6 Å². The minimum atomic E-state index is -2.66. The first-order chi connectivity index (χ1) is 12.6. The summed E-state index contributed by atoms with van der Waals surface area (Å²) < 4.78 is 45.0. The van der Waals surface area contributed by atoms with Crippen molar-refractivity contribution in [1.29, 1.82) is 0 Å². The molecule has 0 aromatic heterocycles. The predicted molar refractivity (Wildman–Crippen MR) is 92.2 cm³/mol. The van der Waals surface area contributed by atoms with Crippen molar-refractivity contribution in [3.8, 4) is 0 Å². The molecule has 0 bridgehead atoms. The first-order valence-electron chi connectivity index (χ1n) is 9.69. The molecule has 0 saturated heterocycles. The number of nitrogens with zero attached hydrogens (tertiary/aromatic N) is 2. The van der Waals surface area contributed by atoms with Crippen LogP contribution in [0.5, 0.6) is 0 Å². The third kappa shape index (κ3) is 3.20. The monoisotopic (exact) mass is 324 g/mol. The van der Waals surface area contributed by atoms with E-state index in [2.05, 4.69) is 4.90 Å². The van der Waals surface area contributed by atoms with E-state index < -0.39 is 14.0 Å². The van der Waals surface area contributed by atoms with Crippen molar-refractivity contribution in [3.05, 3.63) is 47.5 Å². The molecule has 1 aliphatic rings. The minimum absolute atomic E-state index is 0.0608. The summed E-state index contributed by atoms with van der Waals surface area (Å²) in [6.07, 6.45) is 0.377. The van der Waals surface area contributed by atoms with Gasteiger partial charge in [0.25, 0.3) is 0 Å². The van der Waals surface area contributed by atoms with Gasteiger partial charge < -0.3 is 9.80 Å². The molecule has 0 atom stereocenters. The highest BCUT2D eigenvalue weighted by molar-refractivity contribution is 7.99. The number of para-hydroxylation sites is 1. The molecule has 2 nitrogen and oxygen atoms in total. The zero-order chi connectivity index (χ0) is 19.8. The molecule has 110 valence electrons. The highest BCUT2D eigenvalue weighted by atomic mass is 35.5. The van der Waals surface area contributed by atoms with Crippen molar-refractivity contribution in [2.24, 2.45) is 0 Å². The van der Waals surface area contributed by atoms with Crippen molar-refractivity contribution >= 4 is 34.7 Å². The smallest absolute Gasteiger partial charge is 0.0567 e. The molecule has 2 aromatic carbocycles. The summed E-state index contributed by atoms with van der Waals surface area (Å²) in [5.74, 6) is 0. The molecule has 0 aliphatic carbocycles. The van der Waals surface area contributed by atoms with E-state index in [9.17, 15) is 0 Å². The Morgan fingerprint density at radius 2 is 1.95 bits per heavy atom. The fourth-order valence-electron chi connectivity index (χ4n) is 2.43. The summed E-state index contributed by atoms with van der Waals surface area (Å²) in [6.45, 7) is -4.91. The second-order valence-corrected chi connectivity index (χ2v) is 6.36. The van der Waals surface area contributed by atoms with E-state index in [0.717, 1.165) is 21.2 Å². The fourth-order valence-corrected chi connectivity index (χ4v) is 3.67. The number of hydrogen-bond acceptors (Lipinski definition) is 3. The molecular weight excluding hydrogens is 300 g/mol. The Morgan fingerprint density at radius 3 is 2.81 bits per heavy atom. The predicted octanol–water partition coefficient (Wildman–Crippen LogP) is 4.89. The summed E-state index contributed by atoms with van der Waals surface area (Å²) in [7, 11) is 0. The van der Waals surface area contributed by atoms with Gasteiger partial charge in [-0.1, -0.05) is 35.5 Å². The van der Waals surface area contributed by atoms with Crippen molar-refractivity contribution in [1.82, 2.24) is 4.90 Å². The fraction of sp³-hybridized carbons (Fsp3) is 0.294. The third-order valence-corrected chi connectivity index (χ3v) is 4.72. The second-order valence-electron chi connectivity index (χ2n) is 4.84. The molecular formula is C17H19ClN2S. The van der Waals surface area contributed by atoms with Gasteiger partial charge in [-0.25, -0.2) is 0 Å². The summed E-state index contributed by atoms with van der Waals surface area (Å²) in [6, 6.07) is 13.6. The molecule has 0 saturated carbocycles. The van der Waals surface area contributed by atoms with Crippen LogP contribution >= 0.6 is 23.4 Å². The lowest BCUT2D eigenvalue weighted by molar-refractivity contribution is 0.402. The maximum absolute atomic E-state index is 7.49. The van der Waals surface area contributed by atoms with Gasteiger partial charge in [-0.05, 0) is 57.2 Å². The summed E-state index contributed by atoms with van der Waals surface area (Å²) in [5.41, 5.74) is 1.95. The molecule has 21 heavy (non-hydrogen) atoms. The van der Waals surface area contributed by atoms with Crippen molar-refractivity contribution in [2.75, 3.05) is 31.9 Å². The van der Waals surface area contributed by atoms with E-state index >= 15 is 0 Å². The van der Waals surface area contributed by atoms with Crippen LogP contribution in [-0.2, 0) is 0 Å². The zero-order valence-corrected chi connectivity index (χ0v) is 12.9. The molecule has 1 heterocycles. The lowest BCUT2D eigenvalue weighted by Gasteiger charge is -2.33. The van der Waals surface area contributed by atoms with Gasteiger partial charge in [0.15, 0.2) is 0 Å². The molecule has 0 spiro atoms. The Bertz CT molecular complexity index is 810. The Labute approximate surface area is 144 Å². The van der Waals surface area contributed by atoms with Crippen molar-refractivity contribution in [3.63, 3.8) is 0 Å². The second kappa shape index (κ2) is 6.30. The molecule has 3 rings (SSSR count). The van der Waals surface area contributed by atoms with E-state index in [1.807, 2.05) is 42.5 Å². The van der Waals surface area contributed by atoms with Crippen molar-refractivity contribution in [2.45, 2.75) is 16.2 Å². The number of benzene rings is 2. The molecule has 0 fully saturated rings. The van der Waals surface area contributed by atoms with Crippen LogP contribution in [0.2, 0.25) is 5.02 Å². The topological polar surface area (TPSA) is 6.48 Å². The third-order valence-electron chi connectivity index (χ3n) is 3.35. The van der Waals surface area contributed by atoms with Crippen LogP contribution in [0.3, 0.4) is 0 Å². The van der Waals surface area contributed by atoms with Gasteiger partial charge in [0.05, 0.1) is 11.4 Å². The molecule has 2 aromatic rings. The molecule has 0 radical (unpaired) electrons. The molecule has 0 amide bonds. The first kappa shape index (κ1) is 9.09. The number of rotatable bonds is 4. The number of hydrogen-bond donors (Lipinski definition) is 0. The van der Waals surface area contributed by atoms with Crippen LogP contribution in [0.15, 0.2) is 52.3 Å². The quantitative estimate of drug-likeness (QED) is 0.790. The Balaban J connectivity index is 1.84. The number of halogens is 1. The van der Waals surface area contributed by atoms with Crippen LogP contribution in [-0.4, -0.2) is 31.9 Å². The van der Waals surface area contributed by atoms with Crippen LogP contribution in [0.25, 0.3) is 0 Å². The van der Waals surface area contributed by atoms with E-state index in [1.165, 1.54) is 0 Å². The van der Waals surface area contributed by atoms with E-state index in [4.69, 9.17) is 19.8 Å². The van der Waals surface area contributed by atoms with Gasteiger partial charge >= 0.3 is 0 Å². The summed E-state index contributed by atoms with van der Waals surface area (Å²) in [4.78, 5) is 4.82. The van der Waals surface area contributed by atoms with Crippen LogP contribution in [0, 0.1) is 0 Å². The highest BCUT2D eigenvalue weighted by Crippen LogP contribution is 2.48. The molecule has 1 aliphatic heterocycles. The van der Waals surface area contributed by atoms with E-state index in [1.54, 1.807) is 11.8 Å². The number of anilines is 2. The summed E-state index contributed by atoms with van der Waals surface area (Å²) >= 11 is 7.83. The lowest BCUT2D eigenvalue weighted by Crippen LogP contribution is -2.25. The van der Waals surface area contributed by atoms with Gasteiger partial charge in [-0.3, -0.25) is 0 Å². The van der Waals surface area contributed by atoms with Crippen LogP contribution in [0.4, 0.5) is 11.4 Å². The summed E-state index contributed by atoms with van der Waals surface area (Å²) in [5, 5.41) is 0.616. The Morgan fingerprint density at radius 1 is 1.14 bits per heavy atom. The van der Waals surface area contributed by atoms with Gasteiger partial charge in [0.2, 0.25) is 0 Å². The molecule has 0 N–H and O–H groups in total. The number of fused-ring (bicyclic) bond motifs is 2. The SMILES string of the molecule is [2H]C([2H])([2H])N(CCCN1c2ccccc2Sc2ccc(Cl)cc21)C([2H])([2H])[2H]. The molecule has 0 unspecified atom stereocenters. The van der Waals surface area contributed by atoms with Gasteiger partial charge in [-0.2, -0.15) is 0 Å². The molecule has 4 heteroatoms. The standard InChI is InChI=1S/C17H19ClN2S/c1-19(2)10-5-11-20-14-6-3-4-7-16(14)21-17-9-8-13(18)12-15(17)20/h3-4,6-9,12H,5,10-11H2,1-2H3/i1D3,2D3. The van der Waals surface area contributed by atoms with E-state index in [-0.39, 0.29) is 6.54 Å². The van der Waals surface area contributed by atoms with Crippen LogP contribution < -0.4 is 4.90 Å². The first-order valence-corrected chi connectivity index (χ1v) is 7.88. The highest BCUT2D eigenvalue weighted by Gasteiger charge is 2.22. The van der Waals surface area contributed by atoms with Crippen LogP contribution in [0.1, 0.15) is 14.6 Å². The van der Waals surface area contributed by atoms with Gasteiger partial charge in [-0.15, -0.1) is 0 Å².